The maximum Gasteiger partial charge on any atom is 0.337 e. The molecule has 0 saturated heterocycles. The summed E-state index contributed by atoms with van der Waals surface area (Å²) < 4.78 is 15.0. The summed E-state index contributed by atoms with van der Waals surface area (Å²) in [6, 6.07) is 11.5. The molecule has 0 saturated carbocycles. The van der Waals surface area contributed by atoms with Crippen LogP contribution < -0.4 is 20.1 Å². The second kappa shape index (κ2) is 9.96. The minimum atomic E-state index is -0.793. The fraction of sp³-hybridized carbons (Fsp3) is 0.250. The Morgan fingerprint density at radius 1 is 0.857 bits per heavy atom. The van der Waals surface area contributed by atoms with Crippen molar-refractivity contribution < 1.29 is 28.6 Å². The molecule has 8 nitrogen and oxygen atoms in total. The minimum absolute atomic E-state index is 0.281. The molecular weight excluding hydrogens is 364 g/mol. The van der Waals surface area contributed by atoms with Crippen molar-refractivity contribution in [2.75, 3.05) is 33.2 Å². The van der Waals surface area contributed by atoms with Crippen LogP contribution in [0.25, 0.3) is 0 Å². The zero-order valence-corrected chi connectivity index (χ0v) is 15.9. The first-order valence-electron chi connectivity index (χ1n) is 8.47. The maximum atomic E-state index is 12.0. The highest BCUT2D eigenvalue weighted by atomic mass is 16.5. The van der Waals surface area contributed by atoms with Crippen molar-refractivity contribution in [2.24, 2.45) is 0 Å². The van der Waals surface area contributed by atoms with Crippen LogP contribution in [0.15, 0.2) is 42.5 Å². The lowest BCUT2D eigenvalue weighted by Gasteiger charge is -2.10. The molecule has 2 aromatic rings. The van der Waals surface area contributed by atoms with Crippen LogP contribution in [0.3, 0.4) is 0 Å². The van der Waals surface area contributed by atoms with Crippen molar-refractivity contribution in [1.82, 2.24) is 5.32 Å². The maximum absolute atomic E-state index is 12.0. The Morgan fingerprint density at radius 3 is 2.14 bits per heavy atom. The molecule has 0 spiro atoms. The van der Waals surface area contributed by atoms with Gasteiger partial charge in [0.05, 0.1) is 26.9 Å². The molecule has 0 radical (unpaired) electrons. The number of nitrogens with one attached hydrogen (secondary N) is 2. The van der Waals surface area contributed by atoms with Crippen molar-refractivity contribution >= 4 is 23.5 Å². The summed E-state index contributed by atoms with van der Waals surface area (Å²) in [4.78, 5) is 35.3. The molecule has 0 bridgehead atoms. The highest BCUT2D eigenvalue weighted by Crippen LogP contribution is 2.27. The standard InChI is InChI=1S/C20H22N2O6/c1-26-16-9-4-13(12-17(16)27-2)10-11-21-18(23)19(24)22-15-7-5-14(6-8-15)20(25)28-3/h4-9,12H,10-11H2,1-3H3,(H,21,23)(H,22,24). The van der Waals surface area contributed by atoms with Crippen LogP contribution in [0, 0.1) is 0 Å². The number of methoxy groups -OCH3 is 3. The molecule has 0 aliphatic carbocycles. The predicted octanol–water partition coefficient (Wildman–Crippen LogP) is 1.79. The van der Waals surface area contributed by atoms with E-state index < -0.39 is 17.8 Å². The molecule has 0 aromatic heterocycles. The summed E-state index contributed by atoms with van der Waals surface area (Å²) in [5.74, 6) is -0.811. The van der Waals surface area contributed by atoms with Gasteiger partial charge in [-0.15, -0.1) is 0 Å². The van der Waals surface area contributed by atoms with E-state index in [1.165, 1.54) is 31.4 Å². The number of rotatable bonds is 7. The first kappa shape index (κ1) is 20.8. The monoisotopic (exact) mass is 386 g/mol. The van der Waals surface area contributed by atoms with Gasteiger partial charge in [-0.3, -0.25) is 9.59 Å². The summed E-state index contributed by atoms with van der Waals surface area (Å²) >= 11 is 0. The number of benzene rings is 2. The van der Waals surface area contributed by atoms with Gasteiger partial charge in [0.25, 0.3) is 0 Å². The fourth-order valence-electron chi connectivity index (χ4n) is 2.43. The summed E-state index contributed by atoms with van der Waals surface area (Å²) in [6.07, 6.45) is 0.521. The lowest BCUT2D eigenvalue weighted by molar-refractivity contribution is -0.136. The van der Waals surface area contributed by atoms with Gasteiger partial charge in [0, 0.05) is 12.2 Å². The van der Waals surface area contributed by atoms with E-state index in [1.807, 2.05) is 12.1 Å². The SMILES string of the molecule is COC(=O)c1ccc(NC(=O)C(=O)NCCc2ccc(OC)c(OC)c2)cc1. The van der Waals surface area contributed by atoms with Crippen LogP contribution in [0.4, 0.5) is 5.69 Å². The van der Waals surface area contributed by atoms with E-state index in [2.05, 4.69) is 15.4 Å². The van der Waals surface area contributed by atoms with E-state index in [0.717, 1.165) is 5.56 Å². The number of anilines is 1. The third-order valence-corrected chi connectivity index (χ3v) is 3.92. The van der Waals surface area contributed by atoms with Crippen molar-refractivity contribution in [3.63, 3.8) is 0 Å². The summed E-state index contributed by atoms with van der Waals surface area (Å²) in [6.45, 7) is 0.281. The first-order chi connectivity index (χ1) is 13.5. The van der Waals surface area contributed by atoms with Crippen molar-refractivity contribution in [2.45, 2.75) is 6.42 Å². The molecule has 0 aliphatic heterocycles. The van der Waals surface area contributed by atoms with Gasteiger partial charge in [-0.2, -0.15) is 0 Å². The van der Waals surface area contributed by atoms with Gasteiger partial charge in [-0.1, -0.05) is 6.07 Å². The molecule has 2 aromatic carbocycles. The number of carbonyl (C=O) groups excluding carboxylic acids is 3. The van der Waals surface area contributed by atoms with Crippen LogP contribution in [0.5, 0.6) is 11.5 Å². The van der Waals surface area contributed by atoms with Crippen LogP contribution >= 0.6 is 0 Å². The molecule has 2 N–H and O–H groups in total. The number of amides is 2. The number of hydrogen-bond acceptors (Lipinski definition) is 6. The van der Waals surface area contributed by atoms with Crippen LogP contribution in [0.2, 0.25) is 0 Å². The second-order valence-electron chi connectivity index (χ2n) is 5.72. The number of carbonyl (C=O) groups is 3. The van der Waals surface area contributed by atoms with Gasteiger partial charge in [-0.25, -0.2) is 4.79 Å². The molecule has 0 atom stereocenters. The van der Waals surface area contributed by atoms with Crippen LogP contribution in [-0.4, -0.2) is 45.7 Å². The first-order valence-corrected chi connectivity index (χ1v) is 8.47. The van der Waals surface area contributed by atoms with Crippen molar-refractivity contribution in [1.29, 1.82) is 0 Å². The van der Waals surface area contributed by atoms with Gasteiger partial charge in [0.1, 0.15) is 0 Å². The molecule has 148 valence electrons. The Labute approximate surface area is 162 Å². The Morgan fingerprint density at radius 2 is 1.54 bits per heavy atom. The average Bonchev–Trinajstić information content (AvgIpc) is 2.73. The van der Waals surface area contributed by atoms with Crippen molar-refractivity contribution in [3.05, 3.63) is 53.6 Å². The Bertz CT molecular complexity index is 848. The van der Waals surface area contributed by atoms with E-state index >= 15 is 0 Å². The molecule has 2 rings (SSSR count). The largest absolute Gasteiger partial charge is 0.493 e. The number of esters is 1. The van der Waals surface area contributed by atoms with Crippen LogP contribution in [-0.2, 0) is 20.7 Å². The van der Waals surface area contributed by atoms with Gasteiger partial charge in [0.2, 0.25) is 0 Å². The normalized spacial score (nSPS) is 9.96. The Hall–Kier alpha value is -3.55. The average molecular weight is 386 g/mol. The highest BCUT2D eigenvalue weighted by Gasteiger charge is 2.14. The number of ether oxygens (including phenoxy) is 3. The van der Waals surface area contributed by atoms with E-state index in [9.17, 15) is 14.4 Å². The molecule has 0 unspecified atom stereocenters. The molecule has 28 heavy (non-hydrogen) atoms. The fourth-order valence-corrected chi connectivity index (χ4v) is 2.43. The Kier molecular flexibility index (Phi) is 7.38. The lowest BCUT2D eigenvalue weighted by Crippen LogP contribution is -2.36. The molecule has 8 heteroatoms. The topological polar surface area (TPSA) is 103 Å². The van der Waals surface area contributed by atoms with E-state index in [-0.39, 0.29) is 6.54 Å². The molecule has 2 amide bonds. The predicted molar refractivity (Wildman–Crippen MR) is 103 cm³/mol. The molecule has 0 fully saturated rings. The van der Waals surface area contributed by atoms with Gasteiger partial charge < -0.3 is 24.8 Å². The minimum Gasteiger partial charge on any atom is -0.493 e. The van der Waals surface area contributed by atoms with E-state index in [0.29, 0.717) is 29.2 Å². The van der Waals surface area contributed by atoms with Gasteiger partial charge >= 0.3 is 17.8 Å². The zero-order chi connectivity index (χ0) is 20.5. The molecule has 0 aliphatic rings. The molecular formula is C20H22N2O6. The lowest BCUT2D eigenvalue weighted by atomic mass is 10.1. The summed E-state index contributed by atoms with van der Waals surface area (Å²) in [5, 5.41) is 5.03. The second-order valence-corrected chi connectivity index (χ2v) is 5.72. The van der Waals surface area contributed by atoms with Crippen molar-refractivity contribution in [3.8, 4) is 11.5 Å². The quantitative estimate of drug-likeness (QED) is 0.556. The molecule has 0 heterocycles. The van der Waals surface area contributed by atoms with Gasteiger partial charge in [0.15, 0.2) is 11.5 Å². The summed E-state index contributed by atoms with van der Waals surface area (Å²) in [7, 11) is 4.38. The van der Waals surface area contributed by atoms with Crippen LogP contribution in [0.1, 0.15) is 15.9 Å². The summed E-state index contributed by atoms with van der Waals surface area (Å²) in [5.41, 5.74) is 1.67. The highest BCUT2D eigenvalue weighted by molar-refractivity contribution is 6.39. The zero-order valence-electron chi connectivity index (χ0n) is 15.9. The van der Waals surface area contributed by atoms with Gasteiger partial charge in [-0.05, 0) is 48.4 Å². The van der Waals surface area contributed by atoms with E-state index in [4.69, 9.17) is 9.47 Å². The van der Waals surface area contributed by atoms with E-state index in [1.54, 1.807) is 20.3 Å². The Balaban J connectivity index is 1.84. The number of hydrogen-bond donors (Lipinski definition) is 2. The third kappa shape index (κ3) is 5.47. The third-order valence-electron chi connectivity index (χ3n) is 3.92. The smallest absolute Gasteiger partial charge is 0.337 e.